The Morgan fingerprint density at radius 1 is 1.16 bits per heavy atom. The SMILES string of the molecule is COc1ccc(C#N)cc1CN1CCCCC(N2CCN(C)CC2)C1. The van der Waals surface area contributed by atoms with Crippen LogP contribution in [0.2, 0.25) is 0 Å². The molecule has 2 aliphatic heterocycles. The third-order valence-electron chi connectivity index (χ3n) is 5.59. The standard InChI is InChI=1S/C20H30N4O/c1-22-9-11-24(12-10-22)19-5-3-4-8-23(16-19)15-18-13-17(14-21)6-7-20(18)25-2/h6-7,13,19H,3-5,8-12,15-16H2,1-2H3. The fourth-order valence-corrected chi connectivity index (χ4v) is 4.04. The molecule has 5 heteroatoms. The first-order chi connectivity index (χ1) is 12.2. The summed E-state index contributed by atoms with van der Waals surface area (Å²) in [5.74, 6) is 0.888. The van der Waals surface area contributed by atoms with Gasteiger partial charge in [0.05, 0.1) is 18.7 Å². The van der Waals surface area contributed by atoms with Gasteiger partial charge in [-0.1, -0.05) is 6.42 Å². The zero-order chi connectivity index (χ0) is 17.6. The molecule has 2 fully saturated rings. The van der Waals surface area contributed by atoms with E-state index in [9.17, 15) is 5.26 Å². The summed E-state index contributed by atoms with van der Waals surface area (Å²) in [6, 6.07) is 8.63. The molecule has 2 saturated heterocycles. The van der Waals surface area contributed by atoms with Gasteiger partial charge in [0.25, 0.3) is 0 Å². The van der Waals surface area contributed by atoms with Crippen molar-refractivity contribution in [3.8, 4) is 11.8 Å². The molecule has 2 heterocycles. The van der Waals surface area contributed by atoms with Gasteiger partial charge < -0.3 is 9.64 Å². The Kier molecular flexibility index (Phi) is 6.30. The Morgan fingerprint density at radius 2 is 1.96 bits per heavy atom. The first kappa shape index (κ1) is 18.2. The summed E-state index contributed by atoms with van der Waals surface area (Å²) in [6.07, 6.45) is 3.86. The highest BCUT2D eigenvalue weighted by atomic mass is 16.5. The molecule has 0 spiro atoms. The molecule has 0 N–H and O–H groups in total. The lowest BCUT2D eigenvalue weighted by Gasteiger charge is -2.39. The van der Waals surface area contributed by atoms with E-state index in [-0.39, 0.29) is 0 Å². The number of hydrogen-bond acceptors (Lipinski definition) is 5. The number of hydrogen-bond donors (Lipinski definition) is 0. The third-order valence-corrected chi connectivity index (χ3v) is 5.59. The van der Waals surface area contributed by atoms with Crippen molar-refractivity contribution in [3.63, 3.8) is 0 Å². The molecule has 0 radical (unpaired) electrons. The van der Waals surface area contributed by atoms with Crippen LogP contribution in [0.25, 0.3) is 0 Å². The van der Waals surface area contributed by atoms with E-state index >= 15 is 0 Å². The van der Waals surface area contributed by atoms with Crippen LogP contribution in [-0.4, -0.2) is 74.2 Å². The third kappa shape index (κ3) is 4.72. The quantitative estimate of drug-likeness (QED) is 0.839. The van der Waals surface area contributed by atoms with E-state index in [0.29, 0.717) is 11.6 Å². The van der Waals surface area contributed by atoms with Crippen molar-refractivity contribution in [3.05, 3.63) is 29.3 Å². The van der Waals surface area contributed by atoms with E-state index < -0.39 is 0 Å². The van der Waals surface area contributed by atoms with Crippen LogP contribution in [0.3, 0.4) is 0 Å². The van der Waals surface area contributed by atoms with Gasteiger partial charge in [-0.05, 0) is 44.6 Å². The average molecular weight is 342 g/mol. The molecule has 1 atom stereocenters. The number of nitriles is 1. The van der Waals surface area contributed by atoms with E-state index in [2.05, 4.69) is 27.8 Å². The van der Waals surface area contributed by atoms with Crippen LogP contribution in [0.1, 0.15) is 30.4 Å². The minimum Gasteiger partial charge on any atom is -0.496 e. The Labute approximate surface area is 151 Å². The van der Waals surface area contributed by atoms with Crippen LogP contribution in [0.5, 0.6) is 5.75 Å². The second-order valence-electron chi connectivity index (χ2n) is 7.36. The molecule has 0 amide bonds. The fourth-order valence-electron chi connectivity index (χ4n) is 4.04. The van der Waals surface area contributed by atoms with E-state index in [1.807, 2.05) is 18.2 Å². The lowest BCUT2D eigenvalue weighted by Crippen LogP contribution is -2.51. The molecular formula is C20H30N4O. The highest BCUT2D eigenvalue weighted by molar-refractivity contribution is 5.42. The zero-order valence-electron chi connectivity index (χ0n) is 15.6. The van der Waals surface area contributed by atoms with Crippen LogP contribution < -0.4 is 4.74 Å². The summed E-state index contributed by atoms with van der Waals surface area (Å²) < 4.78 is 5.52. The predicted molar refractivity (Wildman–Crippen MR) is 99.7 cm³/mol. The molecule has 5 nitrogen and oxygen atoms in total. The number of rotatable bonds is 4. The van der Waals surface area contributed by atoms with E-state index in [4.69, 9.17) is 4.74 Å². The summed E-state index contributed by atoms with van der Waals surface area (Å²) in [7, 11) is 3.92. The Hall–Kier alpha value is -1.61. The average Bonchev–Trinajstić information content (AvgIpc) is 2.88. The number of methoxy groups -OCH3 is 1. The van der Waals surface area contributed by atoms with Gasteiger partial charge in [0.1, 0.15) is 5.75 Å². The van der Waals surface area contributed by atoms with Gasteiger partial charge >= 0.3 is 0 Å². The summed E-state index contributed by atoms with van der Waals surface area (Å²) in [5, 5.41) is 9.20. The Morgan fingerprint density at radius 3 is 2.68 bits per heavy atom. The van der Waals surface area contributed by atoms with Gasteiger partial charge in [-0.3, -0.25) is 9.80 Å². The highest BCUT2D eigenvalue weighted by Crippen LogP contribution is 2.24. The van der Waals surface area contributed by atoms with Crippen molar-refractivity contribution in [2.24, 2.45) is 0 Å². The number of benzene rings is 1. The molecule has 2 aliphatic rings. The number of piperazine rings is 1. The molecule has 136 valence electrons. The number of likely N-dealkylation sites (N-methyl/N-ethyl adjacent to an activating group) is 1. The normalized spacial score (nSPS) is 23.8. The zero-order valence-corrected chi connectivity index (χ0v) is 15.6. The lowest BCUT2D eigenvalue weighted by atomic mass is 10.1. The first-order valence-electron chi connectivity index (χ1n) is 9.41. The minimum absolute atomic E-state index is 0.654. The van der Waals surface area contributed by atoms with Gasteiger partial charge in [0, 0.05) is 50.9 Å². The van der Waals surface area contributed by atoms with Gasteiger partial charge in [0.2, 0.25) is 0 Å². The van der Waals surface area contributed by atoms with Crippen LogP contribution >= 0.6 is 0 Å². The number of nitrogens with zero attached hydrogens (tertiary/aromatic N) is 4. The van der Waals surface area contributed by atoms with E-state index in [1.54, 1.807) is 7.11 Å². The van der Waals surface area contributed by atoms with Gasteiger partial charge in [0.15, 0.2) is 0 Å². The van der Waals surface area contributed by atoms with Gasteiger partial charge in [-0.15, -0.1) is 0 Å². The van der Waals surface area contributed by atoms with E-state index in [0.717, 1.165) is 30.9 Å². The fraction of sp³-hybridized carbons (Fsp3) is 0.650. The van der Waals surface area contributed by atoms with Crippen molar-refractivity contribution in [2.75, 3.05) is 53.4 Å². The maximum absolute atomic E-state index is 9.20. The largest absolute Gasteiger partial charge is 0.496 e. The van der Waals surface area contributed by atoms with E-state index in [1.165, 1.54) is 45.4 Å². The van der Waals surface area contributed by atoms with Crippen molar-refractivity contribution < 1.29 is 4.74 Å². The maximum Gasteiger partial charge on any atom is 0.123 e. The lowest BCUT2D eigenvalue weighted by molar-refractivity contribution is 0.0872. The van der Waals surface area contributed by atoms with Crippen LogP contribution in [-0.2, 0) is 6.54 Å². The smallest absolute Gasteiger partial charge is 0.123 e. The molecule has 1 unspecified atom stereocenters. The van der Waals surface area contributed by atoms with Crippen LogP contribution in [0.4, 0.5) is 0 Å². The molecule has 1 aromatic rings. The summed E-state index contributed by atoms with van der Waals surface area (Å²) in [6.45, 7) is 7.82. The second kappa shape index (κ2) is 8.66. The molecule has 3 rings (SSSR count). The first-order valence-corrected chi connectivity index (χ1v) is 9.41. The monoisotopic (exact) mass is 342 g/mol. The molecule has 0 bridgehead atoms. The summed E-state index contributed by atoms with van der Waals surface area (Å²) in [5.41, 5.74) is 1.84. The highest BCUT2D eigenvalue weighted by Gasteiger charge is 2.26. The summed E-state index contributed by atoms with van der Waals surface area (Å²) in [4.78, 5) is 7.65. The Balaban J connectivity index is 1.68. The molecule has 1 aromatic carbocycles. The predicted octanol–water partition coefficient (Wildman–Crippen LogP) is 2.17. The number of ether oxygens (including phenoxy) is 1. The minimum atomic E-state index is 0.654. The molecule has 25 heavy (non-hydrogen) atoms. The van der Waals surface area contributed by atoms with Gasteiger partial charge in [-0.25, -0.2) is 0 Å². The number of likely N-dealkylation sites (tertiary alicyclic amines) is 1. The molecular weight excluding hydrogens is 312 g/mol. The van der Waals surface area contributed by atoms with Crippen molar-refractivity contribution in [1.29, 1.82) is 5.26 Å². The van der Waals surface area contributed by atoms with Crippen LogP contribution in [0.15, 0.2) is 18.2 Å². The molecule has 0 aromatic heterocycles. The second-order valence-corrected chi connectivity index (χ2v) is 7.36. The van der Waals surface area contributed by atoms with Crippen molar-refractivity contribution in [1.82, 2.24) is 14.7 Å². The van der Waals surface area contributed by atoms with Crippen molar-refractivity contribution >= 4 is 0 Å². The topological polar surface area (TPSA) is 42.7 Å². The Bertz CT molecular complexity index is 604. The molecule has 0 aliphatic carbocycles. The summed E-state index contributed by atoms with van der Waals surface area (Å²) >= 11 is 0. The van der Waals surface area contributed by atoms with Crippen molar-refractivity contribution in [2.45, 2.75) is 31.8 Å². The maximum atomic E-state index is 9.20. The van der Waals surface area contributed by atoms with Crippen LogP contribution in [0, 0.1) is 11.3 Å². The molecule has 0 saturated carbocycles. The van der Waals surface area contributed by atoms with Gasteiger partial charge in [-0.2, -0.15) is 5.26 Å².